The summed E-state index contributed by atoms with van der Waals surface area (Å²) in [6.45, 7) is 0. The number of piperidine rings is 1. The largest absolute Gasteiger partial charge is 0.473 e. The molecule has 2 unspecified atom stereocenters. The van der Waals surface area contributed by atoms with Crippen molar-refractivity contribution in [2.45, 2.75) is 43.9 Å². The Labute approximate surface area is 117 Å². The molecule has 100 valence electrons. The lowest BCUT2D eigenvalue weighted by atomic mass is 10.0. The summed E-state index contributed by atoms with van der Waals surface area (Å²) in [5.41, 5.74) is 0. The van der Waals surface area contributed by atoms with Gasteiger partial charge in [-0.05, 0) is 56.4 Å². The maximum atomic E-state index is 6.21. The van der Waals surface area contributed by atoms with Gasteiger partial charge in [0.05, 0.1) is 10.1 Å². The molecule has 1 aromatic carbocycles. The molecular formula is C15H18N2OS. The Morgan fingerprint density at radius 2 is 1.95 bits per heavy atom. The van der Waals surface area contributed by atoms with E-state index in [1.54, 1.807) is 0 Å². The first-order chi connectivity index (χ1) is 9.31. The smallest absolute Gasteiger partial charge is 0.233 e. The number of ether oxygens (including phenoxy) is 1. The number of hydrogen-bond acceptors (Lipinski definition) is 4. The maximum absolute atomic E-state index is 6.21. The molecule has 3 nitrogen and oxygen atoms in total. The van der Waals surface area contributed by atoms with Crippen LogP contribution in [-0.4, -0.2) is 34.5 Å². The number of hydrogen-bond donors (Lipinski definition) is 0. The van der Waals surface area contributed by atoms with E-state index in [1.807, 2.05) is 0 Å². The summed E-state index contributed by atoms with van der Waals surface area (Å²) in [5.74, 6) is 0.842. The van der Waals surface area contributed by atoms with E-state index in [0.29, 0.717) is 18.2 Å². The topological polar surface area (TPSA) is 25.4 Å². The molecule has 0 amide bonds. The van der Waals surface area contributed by atoms with Crippen molar-refractivity contribution in [3.05, 3.63) is 24.3 Å². The molecule has 2 fully saturated rings. The predicted octanol–water partition coefficient (Wildman–Crippen LogP) is 3.30. The van der Waals surface area contributed by atoms with Gasteiger partial charge in [-0.3, -0.25) is 0 Å². The molecule has 0 aliphatic carbocycles. The molecule has 0 saturated carbocycles. The third-order valence-electron chi connectivity index (χ3n) is 4.68. The highest BCUT2D eigenvalue weighted by atomic mass is 32.1. The molecule has 19 heavy (non-hydrogen) atoms. The van der Waals surface area contributed by atoms with Crippen LogP contribution in [0.1, 0.15) is 25.7 Å². The van der Waals surface area contributed by atoms with Gasteiger partial charge in [-0.15, -0.1) is 0 Å². The second kappa shape index (κ2) is 4.46. The van der Waals surface area contributed by atoms with Crippen LogP contribution in [0.15, 0.2) is 24.3 Å². The highest BCUT2D eigenvalue weighted by Gasteiger charge is 2.39. The van der Waals surface area contributed by atoms with Crippen LogP contribution in [0.3, 0.4) is 0 Å². The second-order valence-electron chi connectivity index (χ2n) is 5.75. The molecule has 2 aromatic rings. The van der Waals surface area contributed by atoms with Gasteiger partial charge in [-0.2, -0.15) is 4.37 Å². The maximum Gasteiger partial charge on any atom is 0.233 e. The summed E-state index contributed by atoms with van der Waals surface area (Å²) in [4.78, 5) is 2.54. The van der Waals surface area contributed by atoms with Gasteiger partial charge in [0.15, 0.2) is 0 Å². The van der Waals surface area contributed by atoms with Gasteiger partial charge < -0.3 is 9.64 Å². The van der Waals surface area contributed by atoms with Crippen LogP contribution in [0, 0.1) is 0 Å². The molecule has 1 aromatic heterocycles. The molecule has 4 rings (SSSR count). The molecule has 4 heteroatoms. The van der Waals surface area contributed by atoms with Crippen molar-refractivity contribution in [3.63, 3.8) is 0 Å². The molecule has 2 bridgehead atoms. The fourth-order valence-corrected chi connectivity index (χ4v) is 4.28. The van der Waals surface area contributed by atoms with Crippen molar-refractivity contribution in [3.8, 4) is 5.88 Å². The first-order valence-electron chi connectivity index (χ1n) is 7.04. The van der Waals surface area contributed by atoms with Crippen LogP contribution in [-0.2, 0) is 0 Å². The van der Waals surface area contributed by atoms with E-state index < -0.39 is 0 Å². The molecule has 2 aliphatic rings. The van der Waals surface area contributed by atoms with Gasteiger partial charge in [0.2, 0.25) is 5.88 Å². The van der Waals surface area contributed by atoms with Crippen molar-refractivity contribution >= 4 is 21.6 Å². The Hall–Kier alpha value is -1.13. The van der Waals surface area contributed by atoms with Gasteiger partial charge in [0, 0.05) is 12.1 Å². The zero-order chi connectivity index (χ0) is 12.8. The number of nitrogens with zero attached hydrogens (tertiary/aromatic N) is 2. The quantitative estimate of drug-likeness (QED) is 0.840. The van der Waals surface area contributed by atoms with Gasteiger partial charge >= 0.3 is 0 Å². The SMILES string of the molecule is CN1C2CCC1CC(Oc1nsc3ccccc13)C2. The van der Waals surface area contributed by atoms with E-state index in [4.69, 9.17) is 4.74 Å². The monoisotopic (exact) mass is 274 g/mol. The van der Waals surface area contributed by atoms with Crippen LogP contribution in [0.5, 0.6) is 5.88 Å². The average Bonchev–Trinajstić information content (AvgIpc) is 2.89. The van der Waals surface area contributed by atoms with Crippen LogP contribution in [0.25, 0.3) is 10.1 Å². The third kappa shape index (κ3) is 1.94. The number of rotatable bonds is 2. The van der Waals surface area contributed by atoms with Crippen molar-refractivity contribution in [2.24, 2.45) is 0 Å². The molecular weight excluding hydrogens is 256 g/mol. The molecule has 3 heterocycles. The van der Waals surface area contributed by atoms with Crippen molar-refractivity contribution in [1.29, 1.82) is 0 Å². The first kappa shape index (κ1) is 11.7. The van der Waals surface area contributed by atoms with E-state index in [1.165, 1.54) is 34.5 Å². The van der Waals surface area contributed by atoms with Crippen LogP contribution in [0.4, 0.5) is 0 Å². The molecule has 0 radical (unpaired) electrons. The summed E-state index contributed by atoms with van der Waals surface area (Å²) in [6, 6.07) is 9.76. The number of aromatic nitrogens is 1. The molecule has 2 atom stereocenters. The number of fused-ring (bicyclic) bond motifs is 3. The summed E-state index contributed by atoms with van der Waals surface area (Å²) < 4.78 is 11.9. The van der Waals surface area contributed by atoms with Gasteiger partial charge in [-0.25, -0.2) is 0 Å². The summed E-state index contributed by atoms with van der Waals surface area (Å²) >= 11 is 1.53. The lowest BCUT2D eigenvalue weighted by molar-refractivity contribution is 0.0649. The Balaban J connectivity index is 1.56. The standard InChI is InChI=1S/C15H18N2OS/c1-17-10-6-7-11(17)9-12(8-10)18-15-13-4-2-3-5-14(13)19-16-15/h2-5,10-12H,6-9H2,1H3. The van der Waals surface area contributed by atoms with Crippen molar-refractivity contribution in [2.75, 3.05) is 7.05 Å². The fourth-order valence-electron chi connectivity index (χ4n) is 3.56. The van der Waals surface area contributed by atoms with E-state index in [-0.39, 0.29) is 0 Å². The minimum absolute atomic E-state index is 0.346. The molecule has 0 spiro atoms. The lowest BCUT2D eigenvalue weighted by Crippen LogP contribution is -2.43. The average molecular weight is 274 g/mol. The second-order valence-corrected chi connectivity index (χ2v) is 6.55. The zero-order valence-electron chi connectivity index (χ0n) is 11.1. The predicted molar refractivity (Wildman–Crippen MR) is 77.8 cm³/mol. The minimum atomic E-state index is 0.346. The van der Waals surface area contributed by atoms with Gasteiger partial charge in [0.25, 0.3) is 0 Å². The van der Waals surface area contributed by atoms with Crippen LogP contribution < -0.4 is 4.74 Å². The summed E-state index contributed by atoms with van der Waals surface area (Å²) in [7, 11) is 2.26. The Morgan fingerprint density at radius 3 is 2.74 bits per heavy atom. The van der Waals surface area contributed by atoms with Crippen LogP contribution in [0.2, 0.25) is 0 Å². The minimum Gasteiger partial charge on any atom is -0.473 e. The Morgan fingerprint density at radius 1 is 1.21 bits per heavy atom. The normalized spacial score (nSPS) is 30.9. The van der Waals surface area contributed by atoms with Crippen molar-refractivity contribution in [1.82, 2.24) is 9.27 Å². The zero-order valence-corrected chi connectivity index (χ0v) is 11.9. The molecule has 2 aliphatic heterocycles. The van der Waals surface area contributed by atoms with E-state index in [2.05, 4.69) is 40.6 Å². The van der Waals surface area contributed by atoms with E-state index in [9.17, 15) is 0 Å². The summed E-state index contributed by atoms with van der Waals surface area (Å²) in [5, 5.41) is 1.17. The third-order valence-corrected chi connectivity index (χ3v) is 5.49. The van der Waals surface area contributed by atoms with Gasteiger partial charge in [0.1, 0.15) is 6.10 Å². The number of benzene rings is 1. The highest BCUT2D eigenvalue weighted by molar-refractivity contribution is 7.13. The van der Waals surface area contributed by atoms with Crippen molar-refractivity contribution < 1.29 is 4.74 Å². The van der Waals surface area contributed by atoms with E-state index in [0.717, 1.165) is 18.7 Å². The Kier molecular flexibility index (Phi) is 2.74. The van der Waals surface area contributed by atoms with E-state index >= 15 is 0 Å². The lowest BCUT2D eigenvalue weighted by Gasteiger charge is -2.35. The summed E-state index contributed by atoms with van der Waals surface area (Å²) in [6.07, 6.45) is 5.31. The van der Waals surface area contributed by atoms with Crippen LogP contribution >= 0.6 is 11.5 Å². The van der Waals surface area contributed by atoms with Gasteiger partial charge in [-0.1, -0.05) is 12.1 Å². The molecule has 0 N–H and O–H groups in total. The fraction of sp³-hybridized carbons (Fsp3) is 0.533. The highest BCUT2D eigenvalue weighted by Crippen LogP contribution is 2.37. The first-order valence-corrected chi connectivity index (χ1v) is 7.81. The molecule has 2 saturated heterocycles. The Bertz CT molecular complexity index is 583.